The summed E-state index contributed by atoms with van der Waals surface area (Å²) in [5.41, 5.74) is 2.40. The molecule has 9 nitrogen and oxygen atoms in total. The second-order valence-electron chi connectivity index (χ2n) is 7.68. The van der Waals surface area contributed by atoms with Gasteiger partial charge in [0.05, 0.1) is 7.11 Å². The smallest absolute Gasteiger partial charge is 0.328 e. The summed E-state index contributed by atoms with van der Waals surface area (Å²) >= 11 is 1.63. The summed E-state index contributed by atoms with van der Waals surface area (Å²) in [6.45, 7) is 3.59. The highest BCUT2D eigenvalue weighted by Crippen LogP contribution is 2.22. The van der Waals surface area contributed by atoms with Gasteiger partial charge in [-0.1, -0.05) is 31.1 Å². The highest BCUT2D eigenvalue weighted by atomic mass is 32.2. The Hall–Kier alpha value is -3.79. The van der Waals surface area contributed by atoms with Crippen LogP contribution in [0.15, 0.2) is 64.0 Å². The van der Waals surface area contributed by atoms with E-state index in [9.17, 15) is 14.4 Å². The van der Waals surface area contributed by atoms with Gasteiger partial charge in [0.25, 0.3) is 5.91 Å². The van der Waals surface area contributed by atoms with Crippen LogP contribution in [0.25, 0.3) is 11.3 Å². The van der Waals surface area contributed by atoms with E-state index in [1.165, 1.54) is 13.2 Å². The Morgan fingerprint density at radius 1 is 0.971 bits per heavy atom. The Balaban J connectivity index is 1.61. The van der Waals surface area contributed by atoms with Gasteiger partial charge in [0.2, 0.25) is 5.76 Å². The largest absolute Gasteiger partial charge is 0.467 e. The summed E-state index contributed by atoms with van der Waals surface area (Å²) in [7, 11) is 1.27. The molecule has 0 saturated carbocycles. The van der Waals surface area contributed by atoms with Gasteiger partial charge in [0.1, 0.15) is 11.7 Å². The minimum atomic E-state index is -0.800. The lowest BCUT2D eigenvalue weighted by atomic mass is 10.0. The van der Waals surface area contributed by atoms with Crippen molar-refractivity contribution < 1.29 is 23.6 Å². The lowest BCUT2D eigenvalue weighted by molar-refractivity contribution is -0.144. The van der Waals surface area contributed by atoms with Crippen LogP contribution < -0.4 is 16.0 Å². The Morgan fingerprint density at radius 3 is 2.09 bits per heavy atom. The first-order valence-electron chi connectivity index (χ1n) is 10.5. The molecular formula is C24H26N4O5S. The maximum absolute atomic E-state index is 12.5. The monoisotopic (exact) mass is 482 g/mol. The van der Waals surface area contributed by atoms with Crippen molar-refractivity contribution in [2.45, 2.75) is 24.8 Å². The van der Waals surface area contributed by atoms with Crippen molar-refractivity contribution in [1.29, 1.82) is 0 Å². The number of aromatic nitrogens is 1. The van der Waals surface area contributed by atoms with Crippen molar-refractivity contribution in [3.05, 3.63) is 60.4 Å². The highest BCUT2D eigenvalue weighted by molar-refractivity contribution is 7.98. The number of urea groups is 1. The normalized spacial score (nSPS) is 11.6. The van der Waals surface area contributed by atoms with Gasteiger partial charge in [-0.2, -0.15) is 0 Å². The third-order valence-electron chi connectivity index (χ3n) is 4.93. The Kier molecular flexibility index (Phi) is 8.31. The van der Waals surface area contributed by atoms with E-state index >= 15 is 0 Å². The fourth-order valence-electron chi connectivity index (χ4n) is 3.05. The first kappa shape index (κ1) is 24.8. The summed E-state index contributed by atoms with van der Waals surface area (Å²) in [6.07, 6.45) is 1.99. The Bertz CT molecular complexity index is 1140. The molecule has 0 aliphatic carbocycles. The SMILES string of the molecule is COC(=O)C(NC(=O)c1cc(-c2ccc(NC(=O)Nc3ccc(SC)cc3)cc2)no1)C(C)C. The number of thioether (sulfide) groups is 1. The van der Waals surface area contributed by atoms with E-state index < -0.39 is 17.9 Å². The molecule has 3 amide bonds. The topological polar surface area (TPSA) is 123 Å². The third kappa shape index (κ3) is 6.38. The first-order valence-corrected chi connectivity index (χ1v) is 11.7. The number of methoxy groups -OCH3 is 1. The molecule has 1 aromatic heterocycles. The number of esters is 1. The first-order chi connectivity index (χ1) is 16.3. The zero-order valence-corrected chi connectivity index (χ0v) is 20.1. The van der Waals surface area contributed by atoms with Crippen molar-refractivity contribution in [2.24, 2.45) is 5.92 Å². The predicted octanol–water partition coefficient (Wildman–Crippen LogP) is 4.63. The fourth-order valence-corrected chi connectivity index (χ4v) is 3.46. The zero-order chi connectivity index (χ0) is 24.7. The number of rotatable bonds is 8. The van der Waals surface area contributed by atoms with Gasteiger partial charge in [0.15, 0.2) is 0 Å². The minimum absolute atomic E-state index is 0.0291. The second-order valence-corrected chi connectivity index (χ2v) is 8.56. The number of hydrogen-bond acceptors (Lipinski definition) is 7. The van der Waals surface area contributed by atoms with Crippen molar-refractivity contribution in [3.8, 4) is 11.3 Å². The van der Waals surface area contributed by atoms with E-state index in [4.69, 9.17) is 9.26 Å². The molecule has 3 aromatic rings. The standard InChI is InChI=1S/C24H26N4O5S/c1-14(2)21(23(30)32-3)27-22(29)20-13-19(28-33-20)15-5-7-16(8-6-15)25-24(31)26-17-9-11-18(34-4)12-10-17/h5-14,21H,1-4H3,(H,27,29)(H2,25,26,31). The van der Waals surface area contributed by atoms with E-state index in [2.05, 4.69) is 21.1 Å². The van der Waals surface area contributed by atoms with Crippen LogP contribution in [0.2, 0.25) is 0 Å². The molecule has 1 atom stereocenters. The molecule has 3 N–H and O–H groups in total. The number of anilines is 2. The Labute approximate surface area is 201 Å². The Morgan fingerprint density at radius 2 is 1.56 bits per heavy atom. The molecule has 0 aliphatic heterocycles. The molecular weight excluding hydrogens is 456 g/mol. The number of carbonyl (C=O) groups is 3. The minimum Gasteiger partial charge on any atom is -0.467 e. The number of nitrogens with zero attached hydrogens (tertiary/aromatic N) is 1. The van der Waals surface area contributed by atoms with Crippen LogP contribution in [0.5, 0.6) is 0 Å². The highest BCUT2D eigenvalue weighted by Gasteiger charge is 2.27. The van der Waals surface area contributed by atoms with Gasteiger partial charge in [-0.25, -0.2) is 9.59 Å². The molecule has 1 unspecified atom stereocenters. The molecule has 0 spiro atoms. The molecule has 0 saturated heterocycles. The van der Waals surface area contributed by atoms with Crippen LogP contribution in [-0.4, -0.2) is 42.5 Å². The average molecular weight is 483 g/mol. The molecule has 0 radical (unpaired) electrons. The predicted molar refractivity (Wildman–Crippen MR) is 131 cm³/mol. The summed E-state index contributed by atoms with van der Waals surface area (Å²) in [6, 6.07) is 14.8. The number of carbonyl (C=O) groups excluding carboxylic acids is 3. The summed E-state index contributed by atoms with van der Waals surface area (Å²) in [5.74, 6) is -1.29. The second kappa shape index (κ2) is 11.4. The maximum Gasteiger partial charge on any atom is 0.328 e. The van der Waals surface area contributed by atoms with Crippen LogP contribution in [0.4, 0.5) is 16.2 Å². The fraction of sp³-hybridized carbons (Fsp3) is 0.250. The molecule has 1 heterocycles. The van der Waals surface area contributed by atoms with Gasteiger partial charge >= 0.3 is 12.0 Å². The molecule has 178 valence electrons. The number of amides is 3. The van der Waals surface area contributed by atoms with Gasteiger partial charge in [-0.05, 0) is 48.6 Å². The molecule has 0 aliphatic rings. The van der Waals surface area contributed by atoms with Crippen LogP contribution in [0, 0.1) is 5.92 Å². The molecule has 10 heteroatoms. The van der Waals surface area contributed by atoms with Crippen LogP contribution in [0.3, 0.4) is 0 Å². The van der Waals surface area contributed by atoms with E-state index in [0.29, 0.717) is 22.6 Å². The van der Waals surface area contributed by atoms with Crippen LogP contribution in [0.1, 0.15) is 24.4 Å². The number of ether oxygens (including phenoxy) is 1. The molecule has 0 fully saturated rings. The van der Waals surface area contributed by atoms with Crippen molar-refractivity contribution >= 4 is 41.0 Å². The lowest BCUT2D eigenvalue weighted by Crippen LogP contribution is -2.44. The van der Waals surface area contributed by atoms with Crippen LogP contribution >= 0.6 is 11.8 Å². The van der Waals surface area contributed by atoms with Gasteiger partial charge in [0, 0.05) is 27.9 Å². The zero-order valence-electron chi connectivity index (χ0n) is 19.2. The van der Waals surface area contributed by atoms with E-state index in [0.717, 1.165) is 4.90 Å². The molecule has 0 bridgehead atoms. The molecule has 2 aromatic carbocycles. The number of hydrogen-bond donors (Lipinski definition) is 3. The maximum atomic E-state index is 12.5. The van der Waals surface area contributed by atoms with Crippen molar-refractivity contribution in [2.75, 3.05) is 24.0 Å². The van der Waals surface area contributed by atoms with E-state index in [1.807, 2.05) is 30.5 Å². The molecule has 3 rings (SSSR count). The summed E-state index contributed by atoms with van der Waals surface area (Å²) < 4.78 is 9.89. The average Bonchev–Trinajstić information content (AvgIpc) is 3.33. The number of benzene rings is 2. The number of nitrogens with one attached hydrogen (secondary N) is 3. The molecule has 34 heavy (non-hydrogen) atoms. The van der Waals surface area contributed by atoms with Crippen molar-refractivity contribution in [3.63, 3.8) is 0 Å². The van der Waals surface area contributed by atoms with E-state index in [-0.39, 0.29) is 17.7 Å². The van der Waals surface area contributed by atoms with Gasteiger partial charge < -0.3 is 25.2 Å². The summed E-state index contributed by atoms with van der Waals surface area (Å²) in [4.78, 5) is 37.7. The van der Waals surface area contributed by atoms with Crippen molar-refractivity contribution in [1.82, 2.24) is 10.5 Å². The van der Waals surface area contributed by atoms with Gasteiger partial charge in [-0.3, -0.25) is 4.79 Å². The lowest BCUT2D eigenvalue weighted by Gasteiger charge is -2.18. The van der Waals surface area contributed by atoms with E-state index in [1.54, 1.807) is 49.9 Å². The van der Waals surface area contributed by atoms with Crippen LogP contribution in [-0.2, 0) is 9.53 Å². The van der Waals surface area contributed by atoms with Gasteiger partial charge in [-0.15, -0.1) is 11.8 Å². The summed E-state index contributed by atoms with van der Waals surface area (Å²) in [5, 5.41) is 12.1. The third-order valence-corrected chi connectivity index (χ3v) is 5.67. The quantitative estimate of drug-likeness (QED) is 0.316.